The Morgan fingerprint density at radius 3 is 2.50 bits per heavy atom. The van der Waals surface area contributed by atoms with E-state index < -0.39 is 10.8 Å². The Morgan fingerprint density at radius 2 is 1.79 bits per heavy atom. The third-order valence-electron chi connectivity index (χ3n) is 4.23. The Kier molecular flexibility index (Phi) is 5.91. The van der Waals surface area contributed by atoms with Crippen molar-refractivity contribution in [3.63, 3.8) is 0 Å². The summed E-state index contributed by atoms with van der Waals surface area (Å²) in [6, 6.07) is 19.1. The predicted octanol–water partition coefficient (Wildman–Crippen LogP) is 5.42. The van der Waals surface area contributed by atoms with Crippen LogP contribution in [0.1, 0.15) is 21.5 Å². The van der Waals surface area contributed by atoms with Crippen LogP contribution in [0.15, 0.2) is 66.7 Å². The van der Waals surface area contributed by atoms with Crippen LogP contribution in [0.25, 0.3) is 0 Å². The highest BCUT2D eigenvalue weighted by Crippen LogP contribution is 2.27. The van der Waals surface area contributed by atoms with E-state index >= 15 is 0 Å². The van der Waals surface area contributed by atoms with E-state index in [2.05, 4.69) is 10.6 Å². The molecule has 0 aliphatic heterocycles. The molecule has 0 spiro atoms. The van der Waals surface area contributed by atoms with E-state index in [1.54, 1.807) is 30.3 Å². The monoisotopic (exact) mass is 395 g/mol. The fraction of sp³-hybridized carbons (Fsp3) is 0.0952. The van der Waals surface area contributed by atoms with Gasteiger partial charge >= 0.3 is 0 Å². The molecular formula is C21H18ClN3O3. The fourth-order valence-corrected chi connectivity index (χ4v) is 2.86. The first-order chi connectivity index (χ1) is 13.4. The van der Waals surface area contributed by atoms with Gasteiger partial charge in [-0.1, -0.05) is 48.0 Å². The average Bonchev–Trinajstić information content (AvgIpc) is 2.69. The molecule has 7 heteroatoms. The number of carbonyl (C=O) groups excluding carboxylic acids is 1. The van der Waals surface area contributed by atoms with Gasteiger partial charge in [0.2, 0.25) is 0 Å². The lowest BCUT2D eigenvalue weighted by atomic mass is 10.1. The molecule has 3 aromatic carbocycles. The summed E-state index contributed by atoms with van der Waals surface area (Å²) in [4.78, 5) is 23.5. The molecule has 0 aliphatic rings. The minimum absolute atomic E-state index is 0.161. The number of benzene rings is 3. The van der Waals surface area contributed by atoms with Gasteiger partial charge in [0.05, 0.1) is 4.92 Å². The van der Waals surface area contributed by atoms with Gasteiger partial charge in [-0.2, -0.15) is 0 Å². The van der Waals surface area contributed by atoms with Crippen LogP contribution in [0.3, 0.4) is 0 Å². The largest absolute Gasteiger partial charge is 0.375 e. The number of aryl methyl sites for hydroxylation is 1. The second-order valence-electron chi connectivity index (χ2n) is 6.24. The van der Waals surface area contributed by atoms with Gasteiger partial charge < -0.3 is 10.6 Å². The van der Waals surface area contributed by atoms with Gasteiger partial charge in [0, 0.05) is 28.9 Å². The molecule has 0 bridgehead atoms. The number of nitrogens with zero attached hydrogens (tertiary/aromatic N) is 1. The second-order valence-corrected chi connectivity index (χ2v) is 6.68. The lowest BCUT2D eigenvalue weighted by Gasteiger charge is -2.11. The van der Waals surface area contributed by atoms with Crippen molar-refractivity contribution in [3.05, 3.63) is 98.6 Å². The van der Waals surface area contributed by atoms with E-state index in [9.17, 15) is 14.9 Å². The van der Waals surface area contributed by atoms with E-state index in [1.807, 2.05) is 37.3 Å². The molecule has 3 aromatic rings. The van der Waals surface area contributed by atoms with E-state index in [1.165, 1.54) is 6.07 Å². The highest BCUT2D eigenvalue weighted by molar-refractivity contribution is 6.31. The molecule has 0 saturated heterocycles. The van der Waals surface area contributed by atoms with Gasteiger partial charge in [-0.25, -0.2) is 0 Å². The third kappa shape index (κ3) is 4.66. The minimum atomic E-state index is -0.505. The first kappa shape index (κ1) is 19.4. The molecule has 0 heterocycles. The smallest absolute Gasteiger partial charge is 0.293 e. The zero-order valence-corrected chi connectivity index (χ0v) is 15.9. The third-order valence-corrected chi connectivity index (χ3v) is 4.47. The summed E-state index contributed by atoms with van der Waals surface area (Å²) in [6.07, 6.45) is 0. The lowest BCUT2D eigenvalue weighted by molar-refractivity contribution is -0.384. The zero-order chi connectivity index (χ0) is 20.1. The zero-order valence-electron chi connectivity index (χ0n) is 15.1. The van der Waals surface area contributed by atoms with Crippen LogP contribution in [0, 0.1) is 17.0 Å². The number of amides is 1. The molecule has 0 aliphatic carbocycles. The maximum Gasteiger partial charge on any atom is 0.293 e. The normalized spacial score (nSPS) is 10.4. The van der Waals surface area contributed by atoms with Crippen molar-refractivity contribution in [1.82, 2.24) is 0 Å². The van der Waals surface area contributed by atoms with Crippen molar-refractivity contribution in [2.45, 2.75) is 13.5 Å². The van der Waals surface area contributed by atoms with E-state index in [0.29, 0.717) is 22.9 Å². The fourth-order valence-electron chi connectivity index (χ4n) is 2.69. The number of hydrogen-bond donors (Lipinski definition) is 2. The highest BCUT2D eigenvalue weighted by atomic mass is 35.5. The topological polar surface area (TPSA) is 84.3 Å². The number of nitro benzene ring substituents is 1. The second kappa shape index (κ2) is 8.54. The van der Waals surface area contributed by atoms with Crippen LogP contribution >= 0.6 is 11.6 Å². The van der Waals surface area contributed by atoms with Crippen LogP contribution < -0.4 is 10.6 Å². The number of nitro groups is 1. The molecule has 0 fully saturated rings. The molecule has 6 nitrogen and oxygen atoms in total. The Hall–Kier alpha value is -3.38. The number of nitrogens with one attached hydrogen (secondary N) is 2. The van der Waals surface area contributed by atoms with Crippen molar-refractivity contribution < 1.29 is 9.72 Å². The van der Waals surface area contributed by atoms with Gasteiger partial charge in [0.25, 0.3) is 11.6 Å². The molecule has 142 valence electrons. The summed E-state index contributed by atoms with van der Waals surface area (Å²) in [6.45, 7) is 2.28. The first-order valence-corrected chi connectivity index (χ1v) is 8.95. The van der Waals surface area contributed by atoms with Crippen LogP contribution in [-0.2, 0) is 6.54 Å². The number of rotatable bonds is 6. The van der Waals surface area contributed by atoms with E-state index in [-0.39, 0.29) is 11.3 Å². The van der Waals surface area contributed by atoms with Crippen LogP contribution in [0.4, 0.5) is 17.1 Å². The Bertz CT molecular complexity index is 1020. The Balaban J connectivity index is 1.80. The molecule has 0 radical (unpaired) electrons. The summed E-state index contributed by atoms with van der Waals surface area (Å²) < 4.78 is 0. The summed E-state index contributed by atoms with van der Waals surface area (Å²) in [5, 5.41) is 17.8. The summed E-state index contributed by atoms with van der Waals surface area (Å²) in [7, 11) is 0. The van der Waals surface area contributed by atoms with Crippen LogP contribution in [0.2, 0.25) is 5.02 Å². The quantitative estimate of drug-likeness (QED) is 0.431. The maximum atomic E-state index is 12.5. The molecule has 0 saturated carbocycles. The number of hydrogen-bond acceptors (Lipinski definition) is 4. The van der Waals surface area contributed by atoms with Gasteiger partial charge in [-0.3, -0.25) is 14.9 Å². The first-order valence-electron chi connectivity index (χ1n) is 8.58. The van der Waals surface area contributed by atoms with Gasteiger partial charge in [-0.15, -0.1) is 0 Å². The molecule has 1 amide bonds. The van der Waals surface area contributed by atoms with Crippen LogP contribution in [-0.4, -0.2) is 10.8 Å². The molecule has 2 N–H and O–H groups in total. The van der Waals surface area contributed by atoms with Crippen molar-refractivity contribution in [2.24, 2.45) is 0 Å². The summed E-state index contributed by atoms with van der Waals surface area (Å²) in [5.74, 6) is -0.442. The Morgan fingerprint density at radius 1 is 1.04 bits per heavy atom. The molecule has 0 unspecified atom stereocenters. The molecule has 3 rings (SSSR count). The van der Waals surface area contributed by atoms with Crippen molar-refractivity contribution >= 4 is 34.6 Å². The number of carbonyl (C=O) groups is 1. The average molecular weight is 396 g/mol. The van der Waals surface area contributed by atoms with Gasteiger partial charge in [0.15, 0.2) is 0 Å². The summed E-state index contributed by atoms with van der Waals surface area (Å²) in [5.41, 5.74) is 2.78. The standard InChI is InChI=1S/C21H18ClN3O3/c1-14-7-9-17(22)12-19(14)24-21(26)16-8-10-18(20(11-16)25(27)28)23-13-15-5-3-2-4-6-15/h2-12,23H,13H2,1H3,(H,24,26). The van der Waals surface area contributed by atoms with E-state index in [4.69, 9.17) is 11.6 Å². The highest BCUT2D eigenvalue weighted by Gasteiger charge is 2.18. The van der Waals surface area contributed by atoms with Crippen molar-refractivity contribution in [1.29, 1.82) is 0 Å². The molecule has 28 heavy (non-hydrogen) atoms. The van der Waals surface area contributed by atoms with Gasteiger partial charge in [-0.05, 0) is 42.3 Å². The summed E-state index contributed by atoms with van der Waals surface area (Å²) >= 11 is 5.97. The number of anilines is 2. The molecule has 0 aromatic heterocycles. The van der Waals surface area contributed by atoms with Crippen molar-refractivity contribution in [2.75, 3.05) is 10.6 Å². The lowest BCUT2D eigenvalue weighted by Crippen LogP contribution is -2.13. The van der Waals surface area contributed by atoms with Gasteiger partial charge in [0.1, 0.15) is 5.69 Å². The molecule has 0 atom stereocenters. The number of halogens is 1. The van der Waals surface area contributed by atoms with E-state index in [0.717, 1.165) is 11.1 Å². The SMILES string of the molecule is Cc1ccc(Cl)cc1NC(=O)c1ccc(NCc2ccccc2)c([N+](=O)[O-])c1. The molecular weight excluding hydrogens is 378 g/mol. The van der Waals surface area contributed by atoms with Crippen molar-refractivity contribution in [3.8, 4) is 0 Å². The minimum Gasteiger partial charge on any atom is -0.375 e. The Labute approximate surface area is 167 Å². The van der Waals surface area contributed by atoms with Crippen LogP contribution in [0.5, 0.6) is 0 Å². The predicted molar refractivity (Wildman–Crippen MR) is 111 cm³/mol. The maximum absolute atomic E-state index is 12.5.